The SMILES string of the molecule is CC(=O)N1C[C@@H]2C[C@H]1CN2S(=O)(=O)c1ccc(CNC(=O)c2ccc3nccn3c2)cc1. The second-order valence-corrected chi connectivity index (χ2v) is 10.1. The third-order valence-corrected chi connectivity index (χ3v) is 8.16. The zero-order valence-electron chi connectivity index (χ0n) is 17.5. The Labute approximate surface area is 185 Å². The van der Waals surface area contributed by atoms with Crippen molar-refractivity contribution in [3.05, 3.63) is 66.1 Å². The Morgan fingerprint density at radius 3 is 2.56 bits per heavy atom. The first-order chi connectivity index (χ1) is 15.3. The molecule has 1 N–H and O–H groups in total. The average Bonchev–Trinajstić information content (AvgIpc) is 3.52. The minimum atomic E-state index is -3.63. The monoisotopic (exact) mass is 453 g/mol. The molecule has 32 heavy (non-hydrogen) atoms. The second kappa shape index (κ2) is 7.72. The lowest BCUT2D eigenvalue weighted by Crippen LogP contribution is -2.49. The molecule has 2 aliphatic rings. The number of hydrogen-bond acceptors (Lipinski definition) is 5. The van der Waals surface area contributed by atoms with Crippen LogP contribution < -0.4 is 5.32 Å². The number of carbonyl (C=O) groups is 2. The summed E-state index contributed by atoms with van der Waals surface area (Å²) in [5, 5.41) is 2.85. The molecule has 9 nitrogen and oxygen atoms in total. The number of benzene rings is 1. The number of hydrogen-bond donors (Lipinski definition) is 1. The van der Waals surface area contributed by atoms with Crippen molar-refractivity contribution in [1.82, 2.24) is 23.9 Å². The predicted molar refractivity (Wildman–Crippen MR) is 116 cm³/mol. The molecule has 0 aliphatic carbocycles. The number of rotatable bonds is 5. The number of nitrogens with one attached hydrogen (secondary N) is 1. The highest BCUT2D eigenvalue weighted by molar-refractivity contribution is 7.89. The smallest absolute Gasteiger partial charge is 0.253 e. The van der Waals surface area contributed by atoms with Gasteiger partial charge in [0.05, 0.1) is 10.5 Å². The number of imidazole rings is 1. The fraction of sp³-hybridized carbons (Fsp3) is 0.318. The molecule has 0 saturated carbocycles. The highest BCUT2D eigenvalue weighted by Gasteiger charge is 2.49. The van der Waals surface area contributed by atoms with Gasteiger partial charge in [-0.3, -0.25) is 9.59 Å². The lowest BCUT2D eigenvalue weighted by Gasteiger charge is -2.32. The molecule has 0 unspecified atom stereocenters. The largest absolute Gasteiger partial charge is 0.348 e. The van der Waals surface area contributed by atoms with Gasteiger partial charge in [-0.1, -0.05) is 12.1 Å². The van der Waals surface area contributed by atoms with Crippen molar-refractivity contribution >= 4 is 27.5 Å². The van der Waals surface area contributed by atoms with Crippen molar-refractivity contribution in [2.75, 3.05) is 13.1 Å². The number of likely N-dealkylation sites (tertiary alicyclic amines) is 1. The lowest BCUT2D eigenvalue weighted by atomic mass is 10.2. The minimum Gasteiger partial charge on any atom is -0.348 e. The quantitative estimate of drug-likeness (QED) is 0.626. The van der Waals surface area contributed by atoms with Crippen LogP contribution in [0, 0.1) is 0 Å². The van der Waals surface area contributed by atoms with Crippen molar-refractivity contribution in [2.45, 2.75) is 36.9 Å². The molecule has 10 heteroatoms. The van der Waals surface area contributed by atoms with E-state index in [4.69, 9.17) is 0 Å². The maximum absolute atomic E-state index is 13.1. The van der Waals surface area contributed by atoms with Crippen LogP contribution in [0.3, 0.4) is 0 Å². The fourth-order valence-corrected chi connectivity index (χ4v) is 6.23. The van der Waals surface area contributed by atoms with Gasteiger partial charge in [-0.15, -0.1) is 0 Å². The topological polar surface area (TPSA) is 104 Å². The number of fused-ring (bicyclic) bond motifs is 3. The molecule has 0 spiro atoms. The van der Waals surface area contributed by atoms with Crippen LogP contribution in [0.1, 0.15) is 29.3 Å². The van der Waals surface area contributed by atoms with Crippen LogP contribution in [-0.2, 0) is 21.4 Å². The molecule has 2 atom stereocenters. The third kappa shape index (κ3) is 3.55. The molecule has 5 rings (SSSR count). The van der Waals surface area contributed by atoms with Gasteiger partial charge in [-0.05, 0) is 36.2 Å². The van der Waals surface area contributed by atoms with Gasteiger partial charge in [0.15, 0.2) is 0 Å². The zero-order chi connectivity index (χ0) is 22.5. The Hall–Kier alpha value is -3.24. The summed E-state index contributed by atoms with van der Waals surface area (Å²) in [6.07, 6.45) is 5.84. The highest BCUT2D eigenvalue weighted by atomic mass is 32.2. The summed E-state index contributed by atoms with van der Waals surface area (Å²) in [4.78, 5) is 30.3. The van der Waals surface area contributed by atoms with E-state index in [0.29, 0.717) is 25.1 Å². The first-order valence-corrected chi connectivity index (χ1v) is 11.9. The Balaban J connectivity index is 1.23. The number of pyridine rings is 1. The number of sulfonamides is 1. The summed E-state index contributed by atoms with van der Waals surface area (Å²) < 4.78 is 29.5. The number of carbonyl (C=O) groups excluding carboxylic acids is 2. The molecular formula is C22H23N5O4S. The summed E-state index contributed by atoms with van der Waals surface area (Å²) in [7, 11) is -3.63. The first kappa shape index (κ1) is 20.7. The van der Waals surface area contributed by atoms with E-state index < -0.39 is 10.0 Å². The van der Waals surface area contributed by atoms with Crippen molar-refractivity contribution in [3.8, 4) is 0 Å². The van der Waals surface area contributed by atoms with Gasteiger partial charge in [0.2, 0.25) is 15.9 Å². The number of aromatic nitrogens is 2. The van der Waals surface area contributed by atoms with Gasteiger partial charge in [0, 0.05) is 57.2 Å². The molecule has 2 fully saturated rings. The fourth-order valence-electron chi connectivity index (χ4n) is 4.56. The molecule has 2 aromatic heterocycles. The van der Waals surface area contributed by atoms with Gasteiger partial charge in [-0.2, -0.15) is 4.31 Å². The number of nitrogens with zero attached hydrogens (tertiary/aromatic N) is 4. The Bertz CT molecular complexity index is 1300. The maximum Gasteiger partial charge on any atom is 0.253 e. The Morgan fingerprint density at radius 2 is 1.88 bits per heavy atom. The maximum atomic E-state index is 13.1. The molecule has 166 valence electrons. The van der Waals surface area contributed by atoms with Gasteiger partial charge in [0.25, 0.3) is 5.91 Å². The molecular weight excluding hydrogens is 430 g/mol. The van der Waals surface area contributed by atoms with Crippen LogP contribution in [0.5, 0.6) is 0 Å². The summed E-state index contributed by atoms with van der Waals surface area (Å²) in [5.41, 5.74) is 2.07. The predicted octanol–water partition coefficient (Wildman–Crippen LogP) is 1.26. The molecule has 4 heterocycles. The van der Waals surface area contributed by atoms with Crippen molar-refractivity contribution < 1.29 is 18.0 Å². The van der Waals surface area contributed by atoms with Crippen LogP contribution in [0.25, 0.3) is 5.65 Å². The highest BCUT2D eigenvalue weighted by Crippen LogP contribution is 2.34. The molecule has 2 saturated heterocycles. The van der Waals surface area contributed by atoms with Crippen molar-refractivity contribution in [2.24, 2.45) is 0 Å². The molecule has 2 aliphatic heterocycles. The third-order valence-electron chi connectivity index (χ3n) is 6.23. The average molecular weight is 454 g/mol. The molecule has 1 aromatic carbocycles. The van der Waals surface area contributed by atoms with Crippen LogP contribution in [0.15, 0.2) is 59.9 Å². The summed E-state index contributed by atoms with van der Waals surface area (Å²) in [6.45, 7) is 2.59. The van der Waals surface area contributed by atoms with E-state index in [9.17, 15) is 18.0 Å². The van der Waals surface area contributed by atoms with E-state index >= 15 is 0 Å². The number of amides is 2. The van der Waals surface area contributed by atoms with E-state index in [0.717, 1.165) is 11.2 Å². The zero-order valence-corrected chi connectivity index (χ0v) is 18.3. The van der Waals surface area contributed by atoms with E-state index in [1.54, 1.807) is 64.3 Å². The molecule has 3 aromatic rings. The minimum absolute atomic E-state index is 0.00843. The van der Waals surface area contributed by atoms with Gasteiger partial charge in [0.1, 0.15) is 5.65 Å². The van der Waals surface area contributed by atoms with E-state index in [-0.39, 0.29) is 35.3 Å². The normalized spacial score (nSPS) is 20.7. The molecule has 0 radical (unpaired) electrons. The van der Waals surface area contributed by atoms with E-state index in [1.807, 2.05) is 0 Å². The standard InChI is InChI=1S/C22H23N5O4S/c1-15(28)26-13-19-10-18(26)14-27(19)32(30,31)20-5-2-16(3-6-20)11-24-22(29)17-4-7-21-23-8-9-25(21)12-17/h2-9,12,18-19H,10-11,13-14H2,1H3,(H,24,29)/t18-,19-/m0/s1. The van der Waals surface area contributed by atoms with Crippen LogP contribution in [-0.4, -0.2) is 64.0 Å². The molecule has 2 amide bonds. The second-order valence-electron chi connectivity index (χ2n) is 8.23. The summed E-state index contributed by atoms with van der Waals surface area (Å²) in [6, 6.07) is 9.85. The Kier molecular flexibility index (Phi) is 4.98. The van der Waals surface area contributed by atoms with E-state index in [1.165, 1.54) is 11.2 Å². The van der Waals surface area contributed by atoms with E-state index in [2.05, 4.69) is 10.3 Å². The van der Waals surface area contributed by atoms with Crippen LogP contribution in [0.4, 0.5) is 0 Å². The van der Waals surface area contributed by atoms with Gasteiger partial charge < -0.3 is 14.6 Å². The summed E-state index contributed by atoms with van der Waals surface area (Å²) in [5.74, 6) is -0.230. The molecule has 2 bridgehead atoms. The first-order valence-electron chi connectivity index (χ1n) is 10.4. The summed E-state index contributed by atoms with van der Waals surface area (Å²) >= 11 is 0. The van der Waals surface area contributed by atoms with Crippen molar-refractivity contribution in [3.63, 3.8) is 0 Å². The van der Waals surface area contributed by atoms with Crippen LogP contribution >= 0.6 is 0 Å². The van der Waals surface area contributed by atoms with Gasteiger partial charge in [-0.25, -0.2) is 13.4 Å². The van der Waals surface area contributed by atoms with Gasteiger partial charge >= 0.3 is 0 Å². The number of piperazine rings is 1. The van der Waals surface area contributed by atoms with Crippen molar-refractivity contribution in [1.29, 1.82) is 0 Å². The lowest BCUT2D eigenvalue weighted by molar-refractivity contribution is -0.130. The van der Waals surface area contributed by atoms with Crippen LogP contribution in [0.2, 0.25) is 0 Å². The Morgan fingerprint density at radius 1 is 1.09 bits per heavy atom.